The van der Waals surface area contributed by atoms with E-state index in [0.717, 1.165) is 12.8 Å². The fourth-order valence-electron chi connectivity index (χ4n) is 2.55. The van der Waals surface area contributed by atoms with Crippen LogP contribution in [0.25, 0.3) is 0 Å². The van der Waals surface area contributed by atoms with Gasteiger partial charge in [-0.05, 0) is 25.7 Å². The molecule has 0 aromatic heterocycles. The van der Waals surface area contributed by atoms with Crippen molar-refractivity contribution in [3.63, 3.8) is 0 Å². The second kappa shape index (κ2) is 6.92. The van der Waals surface area contributed by atoms with Crippen molar-refractivity contribution in [1.29, 1.82) is 0 Å². The van der Waals surface area contributed by atoms with Crippen molar-refractivity contribution in [2.24, 2.45) is 5.41 Å². The number of urea groups is 1. The molecule has 2 rings (SSSR count). The fraction of sp³-hybridized carbons (Fsp3) is 0.857. The Labute approximate surface area is 119 Å². The van der Waals surface area contributed by atoms with Crippen molar-refractivity contribution in [2.75, 3.05) is 19.7 Å². The summed E-state index contributed by atoms with van der Waals surface area (Å²) in [6, 6.07) is -0.315. The highest BCUT2D eigenvalue weighted by molar-refractivity contribution is 5.80. The minimum Gasteiger partial charge on any atom is -0.481 e. The Morgan fingerprint density at radius 2 is 1.85 bits per heavy atom. The third kappa shape index (κ3) is 4.37. The molecule has 0 heterocycles. The smallest absolute Gasteiger partial charge is 0.314 e. The van der Waals surface area contributed by atoms with Gasteiger partial charge in [0.25, 0.3) is 0 Å². The van der Waals surface area contributed by atoms with Crippen molar-refractivity contribution < 1.29 is 19.4 Å². The summed E-state index contributed by atoms with van der Waals surface area (Å²) in [5.41, 5.74) is -0.712. The fourth-order valence-corrected chi connectivity index (χ4v) is 2.55. The molecule has 6 nitrogen and oxygen atoms in total. The molecule has 0 unspecified atom stereocenters. The molecule has 0 aliphatic heterocycles. The Kier molecular flexibility index (Phi) is 5.23. The minimum atomic E-state index is -0.821. The van der Waals surface area contributed by atoms with Gasteiger partial charge >= 0.3 is 12.0 Å². The van der Waals surface area contributed by atoms with Crippen LogP contribution in [0.3, 0.4) is 0 Å². The number of carboxylic acid groups (broad SMARTS) is 1. The lowest BCUT2D eigenvalue weighted by Crippen LogP contribution is -2.42. The number of aliphatic carboxylic acids is 1. The average molecular weight is 284 g/mol. The summed E-state index contributed by atoms with van der Waals surface area (Å²) >= 11 is 0. The normalized spacial score (nSPS) is 21.2. The third-order valence-electron chi connectivity index (χ3n) is 4.19. The van der Waals surface area contributed by atoms with E-state index >= 15 is 0 Å². The maximum atomic E-state index is 11.5. The molecule has 0 aromatic carbocycles. The summed E-state index contributed by atoms with van der Waals surface area (Å²) in [7, 11) is 0. The average Bonchev–Trinajstić information content (AvgIpc) is 3.24. The van der Waals surface area contributed by atoms with Gasteiger partial charge in [0, 0.05) is 13.1 Å². The van der Waals surface area contributed by atoms with Crippen LogP contribution < -0.4 is 10.6 Å². The first kappa shape index (κ1) is 15.1. The summed E-state index contributed by atoms with van der Waals surface area (Å²) in [6.45, 7) is 1.18. The van der Waals surface area contributed by atoms with E-state index in [4.69, 9.17) is 9.84 Å². The first-order chi connectivity index (χ1) is 9.62. The molecule has 2 aliphatic rings. The van der Waals surface area contributed by atoms with Crippen LogP contribution in [0.15, 0.2) is 0 Å². The first-order valence-electron chi connectivity index (χ1n) is 7.49. The molecule has 2 fully saturated rings. The summed E-state index contributed by atoms with van der Waals surface area (Å²) in [4.78, 5) is 22.5. The molecule has 2 aliphatic carbocycles. The van der Waals surface area contributed by atoms with Gasteiger partial charge in [0.15, 0.2) is 0 Å². The zero-order chi connectivity index (χ0) is 14.4. The van der Waals surface area contributed by atoms with E-state index in [1.807, 2.05) is 0 Å². The van der Waals surface area contributed by atoms with Gasteiger partial charge in [0.2, 0.25) is 0 Å². The van der Waals surface area contributed by atoms with E-state index in [2.05, 4.69) is 10.6 Å². The van der Waals surface area contributed by atoms with Crippen LogP contribution >= 0.6 is 0 Å². The van der Waals surface area contributed by atoms with Crippen LogP contribution in [0.5, 0.6) is 0 Å². The molecular formula is C14H24N2O4. The highest BCUT2D eigenvalue weighted by Crippen LogP contribution is 2.45. The molecule has 2 saturated carbocycles. The van der Waals surface area contributed by atoms with Crippen LogP contribution in [0.1, 0.15) is 44.9 Å². The zero-order valence-electron chi connectivity index (χ0n) is 11.8. The number of ether oxygens (including phenoxy) is 1. The van der Waals surface area contributed by atoms with Gasteiger partial charge in [-0.25, -0.2) is 4.79 Å². The Morgan fingerprint density at radius 3 is 2.45 bits per heavy atom. The predicted molar refractivity (Wildman–Crippen MR) is 73.5 cm³/mol. The number of carbonyl (C=O) groups is 2. The van der Waals surface area contributed by atoms with E-state index < -0.39 is 11.4 Å². The van der Waals surface area contributed by atoms with Crippen LogP contribution in [-0.2, 0) is 9.53 Å². The van der Waals surface area contributed by atoms with Gasteiger partial charge in [-0.1, -0.05) is 19.3 Å². The third-order valence-corrected chi connectivity index (χ3v) is 4.19. The van der Waals surface area contributed by atoms with Crippen LogP contribution in [-0.4, -0.2) is 42.9 Å². The number of amides is 2. The molecule has 3 N–H and O–H groups in total. The number of nitrogens with one attached hydrogen (secondary N) is 2. The van der Waals surface area contributed by atoms with Crippen LogP contribution in [0.2, 0.25) is 0 Å². The molecule has 0 saturated heterocycles. The lowest BCUT2D eigenvalue weighted by Gasteiger charge is -2.22. The predicted octanol–water partition coefficient (Wildman–Crippen LogP) is 1.50. The zero-order valence-corrected chi connectivity index (χ0v) is 11.8. The Morgan fingerprint density at radius 1 is 1.15 bits per heavy atom. The molecule has 0 atom stereocenters. The number of rotatable bonds is 7. The van der Waals surface area contributed by atoms with E-state index in [1.54, 1.807) is 0 Å². The number of carbonyl (C=O) groups excluding carboxylic acids is 1. The van der Waals surface area contributed by atoms with Gasteiger partial charge in [-0.15, -0.1) is 0 Å². The van der Waals surface area contributed by atoms with Crippen molar-refractivity contribution in [2.45, 2.75) is 51.0 Å². The Balaban J connectivity index is 1.51. The molecular weight excluding hydrogens is 260 g/mol. The molecule has 114 valence electrons. The topological polar surface area (TPSA) is 87.7 Å². The largest absolute Gasteiger partial charge is 0.481 e. The maximum absolute atomic E-state index is 11.5. The van der Waals surface area contributed by atoms with Gasteiger partial charge in [0.1, 0.15) is 0 Å². The van der Waals surface area contributed by atoms with Crippen molar-refractivity contribution in [3.8, 4) is 0 Å². The second-order valence-corrected chi connectivity index (χ2v) is 5.83. The number of hydrogen-bond donors (Lipinski definition) is 3. The standard InChI is InChI=1S/C14H24N2O4/c17-12(18)14(6-7-14)10-16-13(19)15-8-9-20-11-4-2-1-3-5-11/h11H,1-10H2,(H,17,18)(H2,15,16,19). The lowest BCUT2D eigenvalue weighted by molar-refractivity contribution is -0.143. The highest BCUT2D eigenvalue weighted by Gasteiger charge is 2.50. The summed E-state index contributed by atoms with van der Waals surface area (Å²) in [5.74, 6) is -0.821. The second-order valence-electron chi connectivity index (χ2n) is 5.83. The quantitative estimate of drug-likeness (QED) is 0.618. The van der Waals surface area contributed by atoms with Gasteiger partial charge in [-0.2, -0.15) is 0 Å². The van der Waals surface area contributed by atoms with E-state index in [0.29, 0.717) is 32.1 Å². The summed E-state index contributed by atoms with van der Waals surface area (Å²) in [6.07, 6.45) is 7.63. The van der Waals surface area contributed by atoms with E-state index in [9.17, 15) is 9.59 Å². The highest BCUT2D eigenvalue weighted by atomic mass is 16.5. The van der Waals surface area contributed by atoms with Crippen molar-refractivity contribution in [1.82, 2.24) is 10.6 Å². The molecule has 0 spiro atoms. The summed E-state index contributed by atoms with van der Waals surface area (Å²) in [5, 5.41) is 14.3. The molecule has 6 heteroatoms. The Hall–Kier alpha value is -1.30. The molecule has 0 aromatic rings. The van der Waals surface area contributed by atoms with E-state index in [1.165, 1.54) is 19.3 Å². The maximum Gasteiger partial charge on any atom is 0.314 e. The number of carboxylic acids is 1. The molecule has 0 bridgehead atoms. The van der Waals surface area contributed by atoms with Crippen LogP contribution in [0.4, 0.5) is 4.79 Å². The lowest BCUT2D eigenvalue weighted by atomic mass is 9.98. The van der Waals surface area contributed by atoms with Gasteiger partial charge < -0.3 is 20.5 Å². The van der Waals surface area contributed by atoms with Crippen molar-refractivity contribution >= 4 is 12.0 Å². The van der Waals surface area contributed by atoms with Crippen molar-refractivity contribution in [3.05, 3.63) is 0 Å². The van der Waals surface area contributed by atoms with Gasteiger partial charge in [-0.3, -0.25) is 4.79 Å². The van der Waals surface area contributed by atoms with Gasteiger partial charge in [0.05, 0.1) is 18.1 Å². The number of hydrogen-bond acceptors (Lipinski definition) is 3. The molecule has 20 heavy (non-hydrogen) atoms. The van der Waals surface area contributed by atoms with Crippen LogP contribution in [0, 0.1) is 5.41 Å². The SMILES string of the molecule is O=C(NCCOC1CCCCC1)NCC1(C(=O)O)CC1. The molecule has 2 amide bonds. The van der Waals surface area contributed by atoms with E-state index in [-0.39, 0.29) is 12.6 Å². The monoisotopic (exact) mass is 284 g/mol. The molecule has 0 radical (unpaired) electrons. The summed E-state index contributed by atoms with van der Waals surface area (Å²) < 4.78 is 5.69. The first-order valence-corrected chi connectivity index (χ1v) is 7.49. The Bertz CT molecular complexity index is 349. The minimum absolute atomic E-state index is 0.206.